The first-order chi connectivity index (χ1) is 16.0. The molecule has 4 rings (SSSR count). The third kappa shape index (κ3) is 5.27. The molecule has 0 radical (unpaired) electrons. The zero-order valence-electron chi connectivity index (χ0n) is 17.9. The van der Waals surface area contributed by atoms with Crippen LogP contribution in [0.4, 0.5) is 10.5 Å². The van der Waals surface area contributed by atoms with Crippen LogP contribution >= 0.6 is 0 Å². The molecule has 0 saturated carbocycles. The molecule has 0 aliphatic heterocycles. The van der Waals surface area contributed by atoms with Crippen LogP contribution in [0.1, 0.15) is 5.56 Å². The van der Waals surface area contributed by atoms with Gasteiger partial charge in [-0.2, -0.15) is 0 Å². The summed E-state index contributed by atoms with van der Waals surface area (Å²) in [6.45, 7) is 0. The van der Waals surface area contributed by atoms with E-state index in [1.165, 1.54) is 7.11 Å². The third-order valence-corrected chi connectivity index (χ3v) is 5.17. The normalized spacial score (nSPS) is 11.5. The van der Waals surface area contributed by atoms with E-state index in [0.717, 1.165) is 10.9 Å². The van der Waals surface area contributed by atoms with Crippen molar-refractivity contribution in [1.29, 1.82) is 0 Å². The summed E-state index contributed by atoms with van der Waals surface area (Å²) >= 11 is 0. The molecule has 0 saturated heterocycles. The number of ether oxygens (including phenoxy) is 1. The summed E-state index contributed by atoms with van der Waals surface area (Å²) < 4.78 is 10.2. The second-order valence-electron chi connectivity index (χ2n) is 7.43. The Bertz CT molecular complexity index is 1330. The second kappa shape index (κ2) is 9.82. The van der Waals surface area contributed by atoms with Gasteiger partial charge in [-0.1, -0.05) is 60.7 Å². The molecule has 166 valence electrons. The molecule has 0 fully saturated rings. The van der Waals surface area contributed by atoms with Gasteiger partial charge < -0.3 is 19.8 Å². The van der Waals surface area contributed by atoms with Crippen LogP contribution in [0.5, 0.6) is 0 Å². The minimum absolute atomic E-state index is 0.303. The van der Waals surface area contributed by atoms with Crippen LogP contribution in [0.2, 0.25) is 0 Å². The fraction of sp³-hybridized carbons (Fsp3) is 0.115. The number of urea groups is 1. The second-order valence-corrected chi connectivity index (χ2v) is 7.43. The maximum absolute atomic E-state index is 12.5. The lowest BCUT2D eigenvalue weighted by molar-refractivity contribution is -0.142. The van der Waals surface area contributed by atoms with Crippen molar-refractivity contribution in [2.75, 3.05) is 12.4 Å². The molecule has 0 aliphatic carbocycles. The van der Waals surface area contributed by atoms with E-state index < -0.39 is 23.7 Å². The van der Waals surface area contributed by atoms with E-state index in [1.54, 1.807) is 42.5 Å². The van der Waals surface area contributed by atoms with Crippen LogP contribution in [-0.4, -0.2) is 25.2 Å². The summed E-state index contributed by atoms with van der Waals surface area (Å²) in [4.78, 5) is 37.0. The Morgan fingerprint density at radius 2 is 1.64 bits per heavy atom. The largest absolute Gasteiger partial charge is 0.467 e. The van der Waals surface area contributed by atoms with Crippen LogP contribution in [0.15, 0.2) is 94.1 Å². The monoisotopic (exact) mass is 442 g/mol. The Labute approximate surface area is 190 Å². The number of benzene rings is 3. The lowest BCUT2D eigenvalue weighted by atomic mass is 10.1. The van der Waals surface area contributed by atoms with Crippen molar-refractivity contribution in [2.45, 2.75) is 12.5 Å². The number of rotatable bonds is 6. The van der Waals surface area contributed by atoms with E-state index >= 15 is 0 Å². The number of methoxy groups -OCH3 is 1. The maximum atomic E-state index is 12.5. The lowest BCUT2D eigenvalue weighted by Gasteiger charge is -2.17. The molecular formula is C26H22N2O5. The minimum Gasteiger partial charge on any atom is -0.467 e. The van der Waals surface area contributed by atoms with Crippen LogP contribution < -0.4 is 16.3 Å². The number of anilines is 1. The van der Waals surface area contributed by atoms with E-state index in [4.69, 9.17) is 9.15 Å². The van der Waals surface area contributed by atoms with E-state index in [1.807, 2.05) is 42.5 Å². The van der Waals surface area contributed by atoms with Crippen molar-refractivity contribution < 1.29 is 18.7 Å². The average molecular weight is 442 g/mol. The number of carbonyl (C=O) groups is 2. The van der Waals surface area contributed by atoms with Gasteiger partial charge in [-0.15, -0.1) is 0 Å². The molecule has 1 unspecified atom stereocenters. The molecule has 3 aromatic carbocycles. The average Bonchev–Trinajstić information content (AvgIpc) is 2.84. The van der Waals surface area contributed by atoms with Crippen LogP contribution in [-0.2, 0) is 16.0 Å². The van der Waals surface area contributed by atoms with Gasteiger partial charge in [-0.05, 0) is 35.4 Å². The third-order valence-electron chi connectivity index (χ3n) is 5.17. The van der Waals surface area contributed by atoms with Gasteiger partial charge >= 0.3 is 17.6 Å². The molecule has 0 bridgehead atoms. The van der Waals surface area contributed by atoms with Gasteiger partial charge in [0.05, 0.1) is 12.7 Å². The highest BCUT2D eigenvalue weighted by atomic mass is 16.5. The van der Waals surface area contributed by atoms with Gasteiger partial charge in [0.1, 0.15) is 11.6 Å². The smallest absolute Gasteiger partial charge is 0.344 e. The first-order valence-corrected chi connectivity index (χ1v) is 10.4. The minimum atomic E-state index is -0.834. The van der Waals surface area contributed by atoms with Crippen molar-refractivity contribution >= 4 is 28.7 Å². The Kier molecular flexibility index (Phi) is 6.50. The lowest BCUT2D eigenvalue weighted by Crippen LogP contribution is -2.45. The summed E-state index contributed by atoms with van der Waals surface area (Å²) in [5.41, 5.74) is 2.58. The molecule has 7 nitrogen and oxygen atoms in total. The van der Waals surface area contributed by atoms with Gasteiger partial charge in [0.2, 0.25) is 0 Å². The Balaban J connectivity index is 1.46. The highest BCUT2D eigenvalue weighted by Crippen LogP contribution is 2.22. The summed E-state index contributed by atoms with van der Waals surface area (Å²) in [7, 11) is 1.28. The molecule has 4 aromatic rings. The van der Waals surface area contributed by atoms with E-state index in [0.29, 0.717) is 28.8 Å². The van der Waals surface area contributed by atoms with Crippen molar-refractivity contribution in [3.05, 3.63) is 101 Å². The van der Waals surface area contributed by atoms with Gasteiger partial charge in [0.25, 0.3) is 0 Å². The van der Waals surface area contributed by atoms with Gasteiger partial charge in [-0.25, -0.2) is 14.4 Å². The van der Waals surface area contributed by atoms with Crippen molar-refractivity contribution in [3.63, 3.8) is 0 Å². The summed E-state index contributed by atoms with van der Waals surface area (Å²) in [5, 5.41) is 6.17. The van der Waals surface area contributed by atoms with Crippen LogP contribution in [0, 0.1) is 0 Å². The standard InChI is InChI=1S/C26H22N2O5/c1-32-25(30)22(15-17-7-3-2-4-8-17)28-26(31)27-20-13-11-18(12-14-20)21-16-19-9-5-6-10-23(19)33-24(21)29/h2-14,16,22H,15H2,1H3,(H2,27,28,31). The maximum Gasteiger partial charge on any atom is 0.344 e. The highest BCUT2D eigenvalue weighted by Gasteiger charge is 2.22. The zero-order valence-corrected chi connectivity index (χ0v) is 17.9. The number of nitrogens with one attached hydrogen (secondary N) is 2. The van der Waals surface area contributed by atoms with Gasteiger partial charge in [0, 0.05) is 17.5 Å². The number of esters is 1. The van der Waals surface area contributed by atoms with Crippen molar-refractivity contribution in [1.82, 2.24) is 5.32 Å². The quantitative estimate of drug-likeness (QED) is 0.341. The summed E-state index contributed by atoms with van der Waals surface area (Å²) in [6, 6.07) is 23.8. The SMILES string of the molecule is COC(=O)C(Cc1ccccc1)NC(=O)Nc1ccc(-c2cc3ccccc3oc2=O)cc1. The summed E-state index contributed by atoms with van der Waals surface area (Å²) in [6.07, 6.45) is 0.303. The number of para-hydroxylation sites is 1. The van der Waals surface area contributed by atoms with Crippen molar-refractivity contribution in [2.24, 2.45) is 0 Å². The highest BCUT2D eigenvalue weighted by molar-refractivity contribution is 5.93. The number of hydrogen-bond donors (Lipinski definition) is 2. The zero-order chi connectivity index (χ0) is 23.2. The number of amides is 2. The number of hydrogen-bond acceptors (Lipinski definition) is 5. The Morgan fingerprint density at radius 1 is 0.939 bits per heavy atom. The molecule has 1 heterocycles. The van der Waals surface area contributed by atoms with Crippen LogP contribution in [0.25, 0.3) is 22.1 Å². The fourth-order valence-corrected chi connectivity index (χ4v) is 3.51. The van der Waals surface area contributed by atoms with E-state index in [9.17, 15) is 14.4 Å². The van der Waals surface area contributed by atoms with Gasteiger partial charge in [0.15, 0.2) is 0 Å². The Morgan fingerprint density at radius 3 is 2.36 bits per heavy atom. The van der Waals surface area contributed by atoms with E-state index in [-0.39, 0.29) is 0 Å². The molecule has 7 heteroatoms. The molecule has 0 spiro atoms. The van der Waals surface area contributed by atoms with Crippen LogP contribution in [0.3, 0.4) is 0 Å². The molecule has 33 heavy (non-hydrogen) atoms. The van der Waals surface area contributed by atoms with Crippen molar-refractivity contribution in [3.8, 4) is 11.1 Å². The Hall–Kier alpha value is -4.39. The first-order valence-electron chi connectivity index (χ1n) is 10.4. The van der Waals surface area contributed by atoms with E-state index in [2.05, 4.69) is 10.6 Å². The first kappa shape index (κ1) is 21.8. The number of carbonyl (C=O) groups excluding carboxylic acids is 2. The molecule has 2 amide bonds. The molecule has 2 N–H and O–H groups in total. The topological polar surface area (TPSA) is 97.6 Å². The van der Waals surface area contributed by atoms with Gasteiger partial charge in [-0.3, -0.25) is 0 Å². The molecule has 1 aromatic heterocycles. The number of fused-ring (bicyclic) bond motifs is 1. The predicted molar refractivity (Wildman–Crippen MR) is 126 cm³/mol. The molecular weight excluding hydrogens is 420 g/mol. The molecule has 0 aliphatic rings. The summed E-state index contributed by atoms with van der Waals surface area (Å²) in [5.74, 6) is -0.535. The predicted octanol–water partition coefficient (Wildman–Crippen LogP) is 4.37. The molecule has 1 atom stereocenters. The fourth-order valence-electron chi connectivity index (χ4n) is 3.51.